The lowest BCUT2D eigenvalue weighted by Gasteiger charge is -2.15. The van der Waals surface area contributed by atoms with Gasteiger partial charge in [0.25, 0.3) is 0 Å². The summed E-state index contributed by atoms with van der Waals surface area (Å²) in [5.41, 5.74) is 5.85. The molecule has 0 spiro atoms. The van der Waals surface area contributed by atoms with Gasteiger partial charge in [0.15, 0.2) is 6.10 Å². The first-order valence-corrected chi connectivity index (χ1v) is 5.15. The molecule has 100 valence electrons. The number of rotatable bonds is 5. The number of aliphatic hydroxyl groups is 1. The van der Waals surface area contributed by atoms with E-state index in [2.05, 4.69) is 5.32 Å². The molecule has 0 aliphatic rings. The monoisotopic (exact) mass is 262 g/mol. The van der Waals surface area contributed by atoms with E-state index in [-0.39, 0.29) is 12.1 Å². The highest BCUT2D eigenvalue weighted by molar-refractivity contribution is 5.94. The molecule has 1 unspecified atom stereocenters. The first kappa shape index (κ1) is 14.5. The SMILES string of the molecule is NC(=O)c1ccccc1CNCC(O)C(F)(F)F. The Kier molecular flexibility index (Phi) is 4.69. The zero-order chi connectivity index (χ0) is 13.8. The number of nitrogens with one attached hydrogen (secondary N) is 1. The number of aliphatic hydroxyl groups excluding tert-OH is 1. The number of carbonyl (C=O) groups is 1. The third-order valence-electron chi connectivity index (χ3n) is 2.31. The van der Waals surface area contributed by atoms with Crippen molar-refractivity contribution in [2.45, 2.75) is 18.8 Å². The lowest BCUT2D eigenvalue weighted by atomic mass is 10.1. The van der Waals surface area contributed by atoms with Crippen molar-refractivity contribution in [3.05, 3.63) is 35.4 Å². The van der Waals surface area contributed by atoms with Crippen molar-refractivity contribution >= 4 is 5.91 Å². The first-order chi connectivity index (χ1) is 8.32. The van der Waals surface area contributed by atoms with E-state index in [0.717, 1.165) is 0 Å². The number of benzene rings is 1. The number of hydrogen-bond donors (Lipinski definition) is 3. The van der Waals surface area contributed by atoms with Crippen LogP contribution in [0, 0.1) is 0 Å². The van der Waals surface area contributed by atoms with Gasteiger partial charge in [-0.15, -0.1) is 0 Å². The van der Waals surface area contributed by atoms with Crippen molar-refractivity contribution in [2.75, 3.05) is 6.54 Å². The van der Waals surface area contributed by atoms with Crippen LogP contribution >= 0.6 is 0 Å². The fraction of sp³-hybridized carbons (Fsp3) is 0.364. The maximum absolute atomic E-state index is 12.0. The van der Waals surface area contributed by atoms with Crippen LogP contribution in [0.2, 0.25) is 0 Å². The molecule has 1 amide bonds. The normalized spacial score (nSPS) is 13.3. The Bertz CT molecular complexity index is 421. The van der Waals surface area contributed by atoms with E-state index >= 15 is 0 Å². The second-order valence-electron chi connectivity index (χ2n) is 3.71. The highest BCUT2D eigenvalue weighted by atomic mass is 19.4. The van der Waals surface area contributed by atoms with Crippen molar-refractivity contribution in [1.29, 1.82) is 0 Å². The maximum Gasteiger partial charge on any atom is 0.415 e. The van der Waals surface area contributed by atoms with Gasteiger partial charge in [-0.3, -0.25) is 4.79 Å². The van der Waals surface area contributed by atoms with Crippen LogP contribution in [0.4, 0.5) is 13.2 Å². The Labute approximate surface area is 102 Å². The highest BCUT2D eigenvalue weighted by Crippen LogP contribution is 2.19. The van der Waals surface area contributed by atoms with E-state index < -0.39 is 24.7 Å². The Balaban J connectivity index is 2.57. The summed E-state index contributed by atoms with van der Waals surface area (Å²) in [5, 5.41) is 11.2. The van der Waals surface area contributed by atoms with Gasteiger partial charge < -0.3 is 16.2 Å². The minimum absolute atomic E-state index is 0.0201. The van der Waals surface area contributed by atoms with Crippen molar-refractivity contribution in [3.8, 4) is 0 Å². The van der Waals surface area contributed by atoms with Crippen LogP contribution in [0.15, 0.2) is 24.3 Å². The average Bonchev–Trinajstić information content (AvgIpc) is 2.28. The lowest BCUT2D eigenvalue weighted by molar-refractivity contribution is -0.201. The topological polar surface area (TPSA) is 75.4 Å². The molecule has 4 N–H and O–H groups in total. The quantitative estimate of drug-likeness (QED) is 0.734. The van der Waals surface area contributed by atoms with E-state index in [1.54, 1.807) is 18.2 Å². The van der Waals surface area contributed by atoms with Gasteiger partial charge in [0.05, 0.1) is 0 Å². The summed E-state index contributed by atoms with van der Waals surface area (Å²) in [6, 6.07) is 6.31. The molecular formula is C11H13F3N2O2. The molecule has 0 saturated carbocycles. The van der Waals surface area contributed by atoms with Crippen molar-refractivity contribution < 1.29 is 23.1 Å². The molecule has 0 aliphatic heterocycles. The third kappa shape index (κ3) is 4.01. The highest BCUT2D eigenvalue weighted by Gasteiger charge is 2.37. The Hall–Kier alpha value is -1.60. The first-order valence-electron chi connectivity index (χ1n) is 5.15. The van der Waals surface area contributed by atoms with Gasteiger partial charge in [0.1, 0.15) is 0 Å². The predicted molar refractivity (Wildman–Crippen MR) is 58.7 cm³/mol. The van der Waals surface area contributed by atoms with Crippen molar-refractivity contribution in [1.82, 2.24) is 5.32 Å². The second-order valence-corrected chi connectivity index (χ2v) is 3.71. The Morgan fingerprint density at radius 1 is 1.39 bits per heavy atom. The molecule has 18 heavy (non-hydrogen) atoms. The van der Waals surface area contributed by atoms with Crippen LogP contribution in [-0.2, 0) is 6.54 Å². The lowest BCUT2D eigenvalue weighted by Crippen LogP contribution is -2.38. The molecule has 1 rings (SSSR count). The maximum atomic E-state index is 12.0. The van der Waals surface area contributed by atoms with Gasteiger partial charge in [0, 0.05) is 18.7 Å². The van der Waals surface area contributed by atoms with E-state index in [4.69, 9.17) is 10.8 Å². The summed E-state index contributed by atoms with van der Waals surface area (Å²) in [4.78, 5) is 11.0. The molecule has 0 saturated heterocycles. The summed E-state index contributed by atoms with van der Waals surface area (Å²) in [6.07, 6.45) is -7.09. The largest absolute Gasteiger partial charge is 0.415 e. The number of primary amides is 1. The Morgan fingerprint density at radius 3 is 2.56 bits per heavy atom. The summed E-state index contributed by atoms with van der Waals surface area (Å²) in [5.74, 6) is -0.649. The van der Waals surface area contributed by atoms with Crippen molar-refractivity contribution in [2.24, 2.45) is 5.73 Å². The number of halogens is 3. The molecule has 1 aromatic carbocycles. The molecule has 1 aromatic rings. The van der Waals surface area contributed by atoms with Crippen LogP contribution in [0.5, 0.6) is 0 Å². The molecule has 4 nitrogen and oxygen atoms in total. The number of nitrogens with two attached hydrogens (primary N) is 1. The standard InChI is InChI=1S/C11H13F3N2O2/c12-11(13,14)9(17)6-16-5-7-3-1-2-4-8(7)10(15)18/h1-4,9,16-17H,5-6H2,(H2,15,18). The molecule has 7 heteroatoms. The molecule has 1 atom stereocenters. The summed E-state index contributed by atoms with van der Waals surface area (Å²) < 4.78 is 36.1. The van der Waals surface area contributed by atoms with Crippen LogP contribution in [-0.4, -0.2) is 29.8 Å². The summed E-state index contributed by atoms with van der Waals surface area (Å²) >= 11 is 0. The van der Waals surface area contributed by atoms with Gasteiger partial charge in [-0.1, -0.05) is 18.2 Å². The zero-order valence-corrected chi connectivity index (χ0v) is 9.37. The number of carbonyl (C=O) groups excluding carboxylic acids is 1. The number of amides is 1. The van der Waals surface area contributed by atoms with Crippen LogP contribution in [0.3, 0.4) is 0 Å². The van der Waals surface area contributed by atoms with Crippen molar-refractivity contribution in [3.63, 3.8) is 0 Å². The molecule has 0 aliphatic carbocycles. The van der Waals surface area contributed by atoms with Gasteiger partial charge in [0.2, 0.25) is 5.91 Å². The van der Waals surface area contributed by atoms with E-state index in [0.29, 0.717) is 5.56 Å². The number of hydrogen-bond acceptors (Lipinski definition) is 3. The van der Waals surface area contributed by atoms with E-state index in [1.807, 2.05) is 0 Å². The Morgan fingerprint density at radius 2 is 2.00 bits per heavy atom. The summed E-state index contributed by atoms with van der Waals surface area (Å²) in [7, 11) is 0. The fourth-order valence-corrected chi connectivity index (χ4v) is 1.37. The average molecular weight is 262 g/mol. The van der Waals surface area contributed by atoms with Gasteiger partial charge in [-0.05, 0) is 11.6 Å². The van der Waals surface area contributed by atoms with Crippen LogP contribution < -0.4 is 11.1 Å². The van der Waals surface area contributed by atoms with Crippen LogP contribution in [0.1, 0.15) is 15.9 Å². The zero-order valence-electron chi connectivity index (χ0n) is 9.37. The van der Waals surface area contributed by atoms with Crippen LogP contribution in [0.25, 0.3) is 0 Å². The fourth-order valence-electron chi connectivity index (χ4n) is 1.37. The molecule has 0 fully saturated rings. The molecular weight excluding hydrogens is 249 g/mol. The molecule has 0 bridgehead atoms. The molecule has 0 heterocycles. The van der Waals surface area contributed by atoms with Gasteiger partial charge >= 0.3 is 6.18 Å². The van der Waals surface area contributed by atoms with Gasteiger partial charge in [-0.25, -0.2) is 0 Å². The third-order valence-corrected chi connectivity index (χ3v) is 2.31. The predicted octanol–water partition coefficient (Wildman–Crippen LogP) is 0.798. The molecule has 0 radical (unpaired) electrons. The molecule has 0 aromatic heterocycles. The van der Waals surface area contributed by atoms with E-state index in [1.165, 1.54) is 6.07 Å². The minimum Gasteiger partial charge on any atom is -0.382 e. The van der Waals surface area contributed by atoms with Gasteiger partial charge in [-0.2, -0.15) is 13.2 Å². The minimum atomic E-state index is -4.66. The second kappa shape index (κ2) is 5.83. The number of alkyl halides is 3. The smallest absolute Gasteiger partial charge is 0.382 e. The summed E-state index contributed by atoms with van der Waals surface area (Å²) in [6.45, 7) is -0.622. The van der Waals surface area contributed by atoms with E-state index in [9.17, 15) is 18.0 Å².